The lowest BCUT2D eigenvalue weighted by molar-refractivity contribution is -0.124. The quantitative estimate of drug-likeness (QED) is 0.316. The number of rotatable bonds is 5. The summed E-state index contributed by atoms with van der Waals surface area (Å²) in [6, 6.07) is 8.71. The molecule has 0 bridgehead atoms. The monoisotopic (exact) mass is 416 g/mol. The lowest BCUT2D eigenvalue weighted by Crippen LogP contribution is -2.20. The van der Waals surface area contributed by atoms with Crippen LogP contribution in [0.1, 0.15) is 69.9 Å². The van der Waals surface area contributed by atoms with E-state index in [0.29, 0.717) is 10.5 Å². The van der Waals surface area contributed by atoms with E-state index in [2.05, 4.69) is 45.3 Å². The molecule has 1 saturated carbocycles. The van der Waals surface area contributed by atoms with Gasteiger partial charge in [0.1, 0.15) is 4.62 Å². The summed E-state index contributed by atoms with van der Waals surface area (Å²) in [7, 11) is 1.67. The van der Waals surface area contributed by atoms with E-state index in [1.165, 1.54) is 42.7 Å². The molecule has 2 rings (SSSR count). The number of likely N-dealkylation sites (N-methyl/N-ethyl adjacent to an activating group) is 1. The largest absolute Gasteiger partial charge is 0.268 e. The maximum atomic E-state index is 12.4. The van der Waals surface area contributed by atoms with Crippen LogP contribution in [0.25, 0.3) is 5.57 Å². The molecule has 4 heteroatoms. The fraction of sp³-hybridized carbons (Fsp3) is 0.455. The first-order valence-corrected chi connectivity index (χ1v) is 10.2. The van der Waals surface area contributed by atoms with Crippen molar-refractivity contribution in [3.05, 3.63) is 53.1 Å². The summed E-state index contributed by atoms with van der Waals surface area (Å²) in [5.74, 6) is 0.566. The van der Waals surface area contributed by atoms with Crippen molar-refractivity contribution in [1.29, 1.82) is 0 Å². The number of nitrogens with zero attached hydrogens (tertiary/aromatic N) is 2. The standard InChI is InChI=1S/C22H29BrN2O/c1-5-16(2)22(23)24-25(4)21(26)15-17(3)18-11-13-20(14-12-18)19-9-7-6-8-10-19/h5,11-15,19H,6-10H2,1-4H3/b16-5+,17-15+,24-22+. The van der Waals surface area contributed by atoms with Crippen molar-refractivity contribution in [2.45, 2.75) is 58.8 Å². The number of hydrazone groups is 1. The minimum atomic E-state index is -0.139. The Balaban J connectivity index is 2.07. The summed E-state index contributed by atoms with van der Waals surface area (Å²) >= 11 is 3.40. The summed E-state index contributed by atoms with van der Waals surface area (Å²) in [6.07, 6.45) is 10.2. The Labute approximate surface area is 166 Å². The second-order valence-electron chi connectivity index (χ2n) is 7.01. The van der Waals surface area contributed by atoms with Crippen molar-refractivity contribution in [3.8, 4) is 0 Å². The van der Waals surface area contributed by atoms with Crippen LogP contribution in [0.5, 0.6) is 0 Å². The van der Waals surface area contributed by atoms with Crippen molar-refractivity contribution in [3.63, 3.8) is 0 Å². The molecule has 1 aromatic carbocycles. The molecule has 0 atom stereocenters. The fourth-order valence-electron chi connectivity index (χ4n) is 3.20. The van der Waals surface area contributed by atoms with E-state index in [1.807, 2.05) is 26.8 Å². The topological polar surface area (TPSA) is 32.7 Å². The Kier molecular flexibility index (Phi) is 7.83. The number of carbonyl (C=O) groups is 1. The lowest BCUT2D eigenvalue weighted by atomic mass is 9.84. The van der Waals surface area contributed by atoms with E-state index < -0.39 is 0 Å². The Hall–Kier alpha value is -1.68. The molecule has 1 aromatic rings. The molecule has 1 aliphatic rings. The highest BCUT2D eigenvalue weighted by atomic mass is 79.9. The van der Waals surface area contributed by atoms with E-state index in [0.717, 1.165) is 16.7 Å². The minimum Gasteiger partial charge on any atom is -0.268 e. The SMILES string of the molecule is C/C=C(C)/C(Br)=N\N(C)C(=O)/C=C(\C)c1ccc(C2CCCCC2)cc1. The number of carbonyl (C=O) groups excluding carboxylic acids is 1. The normalized spacial score (nSPS) is 17.3. The highest BCUT2D eigenvalue weighted by molar-refractivity contribution is 9.18. The Morgan fingerprint density at radius 1 is 1.15 bits per heavy atom. The fourth-order valence-corrected chi connectivity index (χ4v) is 3.66. The predicted molar refractivity (Wildman–Crippen MR) is 114 cm³/mol. The van der Waals surface area contributed by atoms with Crippen LogP contribution in [-0.2, 0) is 4.79 Å². The highest BCUT2D eigenvalue weighted by Crippen LogP contribution is 2.33. The minimum absolute atomic E-state index is 0.139. The second kappa shape index (κ2) is 9.86. The molecular weight excluding hydrogens is 388 g/mol. The molecule has 26 heavy (non-hydrogen) atoms. The van der Waals surface area contributed by atoms with Gasteiger partial charge in [0.15, 0.2) is 0 Å². The molecule has 0 radical (unpaired) electrons. The average Bonchev–Trinajstić information content (AvgIpc) is 2.67. The van der Waals surface area contributed by atoms with Crippen LogP contribution in [0, 0.1) is 0 Å². The van der Waals surface area contributed by atoms with Gasteiger partial charge in [-0.25, -0.2) is 5.01 Å². The maximum Gasteiger partial charge on any atom is 0.266 e. The molecule has 140 valence electrons. The van der Waals surface area contributed by atoms with E-state index in [-0.39, 0.29) is 5.91 Å². The number of hydrogen-bond acceptors (Lipinski definition) is 2. The second-order valence-corrected chi connectivity index (χ2v) is 7.76. The van der Waals surface area contributed by atoms with E-state index in [1.54, 1.807) is 13.1 Å². The molecule has 3 nitrogen and oxygen atoms in total. The van der Waals surface area contributed by atoms with Crippen LogP contribution < -0.4 is 0 Å². The third kappa shape index (κ3) is 5.66. The summed E-state index contributed by atoms with van der Waals surface area (Å²) in [4.78, 5) is 12.4. The zero-order chi connectivity index (χ0) is 19.1. The van der Waals surface area contributed by atoms with Gasteiger partial charge in [-0.1, -0.05) is 49.6 Å². The maximum absolute atomic E-state index is 12.4. The highest BCUT2D eigenvalue weighted by Gasteiger charge is 2.15. The van der Waals surface area contributed by atoms with Gasteiger partial charge in [0.25, 0.3) is 5.91 Å². The van der Waals surface area contributed by atoms with Crippen LogP contribution in [-0.4, -0.2) is 22.6 Å². The van der Waals surface area contributed by atoms with Gasteiger partial charge >= 0.3 is 0 Å². The predicted octanol–water partition coefficient (Wildman–Crippen LogP) is 6.27. The third-order valence-electron chi connectivity index (χ3n) is 5.10. The number of halogens is 1. The van der Waals surface area contributed by atoms with Crippen LogP contribution >= 0.6 is 15.9 Å². The van der Waals surface area contributed by atoms with Crippen LogP contribution in [0.3, 0.4) is 0 Å². The summed E-state index contributed by atoms with van der Waals surface area (Å²) in [5, 5.41) is 5.63. The molecule has 1 amide bonds. The smallest absolute Gasteiger partial charge is 0.266 e. The summed E-state index contributed by atoms with van der Waals surface area (Å²) in [5.41, 5.74) is 4.45. The van der Waals surface area contributed by atoms with Crippen molar-refractivity contribution in [2.24, 2.45) is 5.10 Å². The first-order chi connectivity index (χ1) is 12.4. The Morgan fingerprint density at radius 3 is 2.35 bits per heavy atom. The van der Waals surface area contributed by atoms with Gasteiger partial charge in [0.2, 0.25) is 0 Å². The van der Waals surface area contributed by atoms with Gasteiger partial charge in [-0.05, 0) is 77.7 Å². The van der Waals surface area contributed by atoms with Gasteiger partial charge in [-0.2, -0.15) is 5.10 Å². The molecule has 0 heterocycles. The molecule has 0 N–H and O–H groups in total. The van der Waals surface area contributed by atoms with Gasteiger partial charge in [-0.15, -0.1) is 0 Å². The van der Waals surface area contributed by atoms with E-state index >= 15 is 0 Å². The number of allylic oxidation sites excluding steroid dienone is 3. The first kappa shape index (κ1) is 20.6. The third-order valence-corrected chi connectivity index (χ3v) is 5.88. The molecule has 0 aliphatic heterocycles. The summed E-state index contributed by atoms with van der Waals surface area (Å²) < 4.78 is 0.665. The van der Waals surface area contributed by atoms with E-state index in [4.69, 9.17) is 0 Å². The van der Waals surface area contributed by atoms with Crippen molar-refractivity contribution in [1.82, 2.24) is 5.01 Å². The van der Waals surface area contributed by atoms with Gasteiger partial charge in [-0.3, -0.25) is 4.79 Å². The Morgan fingerprint density at radius 2 is 1.77 bits per heavy atom. The van der Waals surface area contributed by atoms with Crippen LogP contribution in [0.4, 0.5) is 0 Å². The first-order valence-electron chi connectivity index (χ1n) is 9.36. The number of hydrogen-bond donors (Lipinski definition) is 0. The van der Waals surface area contributed by atoms with Crippen LogP contribution in [0.2, 0.25) is 0 Å². The molecule has 1 fully saturated rings. The number of benzene rings is 1. The lowest BCUT2D eigenvalue weighted by Gasteiger charge is -2.22. The molecule has 0 spiro atoms. The average molecular weight is 417 g/mol. The van der Waals surface area contributed by atoms with Crippen molar-refractivity contribution < 1.29 is 4.79 Å². The molecule has 0 saturated heterocycles. The van der Waals surface area contributed by atoms with Crippen molar-refractivity contribution >= 4 is 32.0 Å². The number of amides is 1. The zero-order valence-electron chi connectivity index (χ0n) is 16.3. The molecular formula is C22H29BrN2O. The van der Waals surface area contributed by atoms with E-state index in [9.17, 15) is 4.79 Å². The molecule has 0 aromatic heterocycles. The van der Waals surface area contributed by atoms with Gasteiger partial charge in [0, 0.05) is 13.1 Å². The zero-order valence-corrected chi connectivity index (χ0v) is 17.8. The van der Waals surface area contributed by atoms with Crippen LogP contribution in [0.15, 0.2) is 47.1 Å². The molecule has 0 unspecified atom stereocenters. The molecule has 1 aliphatic carbocycles. The Bertz CT molecular complexity index is 710. The van der Waals surface area contributed by atoms with Gasteiger partial charge < -0.3 is 0 Å². The van der Waals surface area contributed by atoms with Crippen molar-refractivity contribution in [2.75, 3.05) is 7.05 Å². The summed E-state index contributed by atoms with van der Waals surface area (Å²) in [6.45, 7) is 5.85. The van der Waals surface area contributed by atoms with Gasteiger partial charge in [0.05, 0.1) is 0 Å².